The van der Waals surface area contributed by atoms with E-state index in [1.807, 2.05) is 12.1 Å². The summed E-state index contributed by atoms with van der Waals surface area (Å²) in [5, 5.41) is 2.95. The standard InChI is InChI=1S/C16H12BrF3N2O/c1-8-9(2)14-13(7-12(8)16(18,19)20)22-15(23-14)21-11-5-3-10(17)4-6-11/h3-7H,1-2H3,(H,21,22). The molecular formula is C16H12BrF3N2O. The van der Waals surface area contributed by atoms with Gasteiger partial charge in [-0.2, -0.15) is 18.2 Å². The first-order valence-electron chi connectivity index (χ1n) is 6.76. The maximum Gasteiger partial charge on any atom is 0.416 e. The van der Waals surface area contributed by atoms with Gasteiger partial charge in [-0.15, -0.1) is 0 Å². The zero-order chi connectivity index (χ0) is 16.8. The first kappa shape index (κ1) is 15.9. The van der Waals surface area contributed by atoms with E-state index in [1.54, 1.807) is 19.1 Å². The smallest absolute Gasteiger partial charge is 0.416 e. The van der Waals surface area contributed by atoms with E-state index < -0.39 is 11.7 Å². The van der Waals surface area contributed by atoms with Crippen LogP contribution in [0.2, 0.25) is 0 Å². The van der Waals surface area contributed by atoms with Gasteiger partial charge >= 0.3 is 6.18 Å². The van der Waals surface area contributed by atoms with E-state index in [1.165, 1.54) is 6.92 Å². The molecular weight excluding hydrogens is 373 g/mol. The zero-order valence-electron chi connectivity index (χ0n) is 12.3. The number of nitrogens with one attached hydrogen (secondary N) is 1. The number of alkyl halides is 3. The Morgan fingerprint density at radius 3 is 2.35 bits per heavy atom. The molecule has 0 saturated heterocycles. The molecule has 1 N–H and O–H groups in total. The largest absolute Gasteiger partial charge is 0.423 e. The monoisotopic (exact) mass is 384 g/mol. The molecule has 0 amide bonds. The lowest BCUT2D eigenvalue weighted by molar-refractivity contribution is -0.138. The lowest BCUT2D eigenvalue weighted by atomic mass is 10.0. The van der Waals surface area contributed by atoms with Crippen LogP contribution in [0.15, 0.2) is 39.2 Å². The third-order valence-electron chi connectivity index (χ3n) is 3.64. The number of benzene rings is 2. The van der Waals surface area contributed by atoms with Crippen molar-refractivity contribution in [2.24, 2.45) is 0 Å². The van der Waals surface area contributed by atoms with Crippen LogP contribution in [0, 0.1) is 13.8 Å². The van der Waals surface area contributed by atoms with Crippen LogP contribution in [-0.2, 0) is 6.18 Å². The van der Waals surface area contributed by atoms with Crippen molar-refractivity contribution in [2.45, 2.75) is 20.0 Å². The van der Waals surface area contributed by atoms with Crippen LogP contribution in [0.3, 0.4) is 0 Å². The summed E-state index contributed by atoms with van der Waals surface area (Å²) in [4.78, 5) is 4.12. The van der Waals surface area contributed by atoms with Gasteiger partial charge in [-0.05, 0) is 55.3 Å². The molecule has 7 heteroatoms. The number of halogens is 4. The van der Waals surface area contributed by atoms with Gasteiger partial charge in [0, 0.05) is 10.2 Å². The molecule has 0 aliphatic carbocycles. The third-order valence-corrected chi connectivity index (χ3v) is 4.17. The molecule has 0 unspecified atom stereocenters. The number of fused-ring (bicyclic) bond motifs is 1. The van der Waals surface area contributed by atoms with Crippen molar-refractivity contribution in [3.05, 3.63) is 51.5 Å². The molecule has 0 fully saturated rings. The minimum Gasteiger partial charge on any atom is -0.423 e. The van der Waals surface area contributed by atoms with E-state index in [4.69, 9.17) is 4.42 Å². The van der Waals surface area contributed by atoms with Crippen LogP contribution in [0.1, 0.15) is 16.7 Å². The van der Waals surface area contributed by atoms with Crippen molar-refractivity contribution in [3.8, 4) is 0 Å². The van der Waals surface area contributed by atoms with E-state index in [0.29, 0.717) is 11.1 Å². The van der Waals surface area contributed by atoms with Crippen LogP contribution in [0.25, 0.3) is 11.1 Å². The van der Waals surface area contributed by atoms with E-state index >= 15 is 0 Å². The molecule has 0 atom stereocenters. The van der Waals surface area contributed by atoms with Crippen LogP contribution < -0.4 is 5.32 Å². The van der Waals surface area contributed by atoms with Gasteiger partial charge in [-0.3, -0.25) is 0 Å². The number of hydrogen-bond donors (Lipinski definition) is 1. The average molecular weight is 385 g/mol. The Morgan fingerprint density at radius 1 is 1.09 bits per heavy atom. The zero-order valence-corrected chi connectivity index (χ0v) is 13.8. The van der Waals surface area contributed by atoms with Gasteiger partial charge in [0.2, 0.25) is 0 Å². The highest BCUT2D eigenvalue weighted by Gasteiger charge is 2.34. The highest BCUT2D eigenvalue weighted by atomic mass is 79.9. The molecule has 23 heavy (non-hydrogen) atoms. The summed E-state index contributed by atoms with van der Waals surface area (Å²) >= 11 is 3.33. The molecule has 0 bridgehead atoms. The Balaban J connectivity index is 2.05. The number of aryl methyl sites for hydroxylation is 1. The number of oxazole rings is 1. The maximum atomic E-state index is 13.1. The molecule has 3 rings (SSSR count). The van der Waals surface area contributed by atoms with E-state index in [0.717, 1.165) is 16.2 Å². The second-order valence-corrected chi connectivity index (χ2v) is 6.09. The summed E-state index contributed by atoms with van der Waals surface area (Å²) in [6.07, 6.45) is -4.42. The molecule has 0 aliphatic heterocycles. The van der Waals surface area contributed by atoms with Gasteiger partial charge in [0.1, 0.15) is 5.52 Å². The topological polar surface area (TPSA) is 38.1 Å². The summed E-state index contributed by atoms with van der Waals surface area (Å²) in [6.45, 7) is 3.03. The van der Waals surface area contributed by atoms with Crippen LogP contribution in [0.4, 0.5) is 24.9 Å². The fraction of sp³-hybridized carbons (Fsp3) is 0.188. The minimum atomic E-state index is -4.42. The van der Waals surface area contributed by atoms with Crippen molar-refractivity contribution in [2.75, 3.05) is 5.32 Å². The Kier molecular flexibility index (Phi) is 3.83. The predicted molar refractivity (Wildman–Crippen MR) is 85.9 cm³/mol. The number of aromatic nitrogens is 1. The molecule has 0 saturated carbocycles. The fourth-order valence-corrected chi connectivity index (χ4v) is 2.58. The van der Waals surface area contributed by atoms with Gasteiger partial charge in [-0.1, -0.05) is 15.9 Å². The van der Waals surface area contributed by atoms with E-state index in [2.05, 4.69) is 26.2 Å². The summed E-state index contributed by atoms with van der Waals surface area (Å²) in [5.41, 5.74) is 1.16. The molecule has 1 aromatic heterocycles. The summed E-state index contributed by atoms with van der Waals surface area (Å²) in [7, 11) is 0. The van der Waals surface area contributed by atoms with Crippen molar-refractivity contribution in [3.63, 3.8) is 0 Å². The summed E-state index contributed by atoms with van der Waals surface area (Å²) in [6, 6.07) is 8.46. The number of anilines is 2. The van der Waals surface area contributed by atoms with Crippen LogP contribution >= 0.6 is 15.9 Å². The first-order valence-corrected chi connectivity index (χ1v) is 7.55. The molecule has 2 aromatic carbocycles. The number of nitrogens with zero attached hydrogens (tertiary/aromatic N) is 1. The molecule has 0 radical (unpaired) electrons. The van der Waals surface area contributed by atoms with Crippen molar-refractivity contribution in [1.29, 1.82) is 0 Å². The highest BCUT2D eigenvalue weighted by Crippen LogP contribution is 2.37. The lowest BCUT2D eigenvalue weighted by Crippen LogP contribution is -2.08. The van der Waals surface area contributed by atoms with Crippen LogP contribution in [0.5, 0.6) is 0 Å². The SMILES string of the molecule is Cc1c(C(F)(F)F)cc2nc(Nc3ccc(Br)cc3)oc2c1C. The predicted octanol–water partition coefficient (Wildman–Crippen LogP) is 5.97. The average Bonchev–Trinajstić information content (AvgIpc) is 2.87. The summed E-state index contributed by atoms with van der Waals surface area (Å²) in [5.74, 6) is 0. The van der Waals surface area contributed by atoms with E-state index in [-0.39, 0.29) is 17.1 Å². The van der Waals surface area contributed by atoms with Gasteiger partial charge in [0.05, 0.1) is 5.56 Å². The van der Waals surface area contributed by atoms with Crippen molar-refractivity contribution in [1.82, 2.24) is 4.98 Å². The van der Waals surface area contributed by atoms with Gasteiger partial charge in [0.25, 0.3) is 6.01 Å². The second-order valence-electron chi connectivity index (χ2n) is 5.17. The normalized spacial score (nSPS) is 11.9. The maximum absolute atomic E-state index is 13.1. The highest BCUT2D eigenvalue weighted by molar-refractivity contribution is 9.10. The Hall–Kier alpha value is -2.02. The molecule has 3 nitrogen and oxygen atoms in total. The second kappa shape index (κ2) is 5.56. The fourth-order valence-electron chi connectivity index (χ4n) is 2.32. The van der Waals surface area contributed by atoms with Crippen molar-refractivity contribution >= 4 is 38.7 Å². The quantitative estimate of drug-likeness (QED) is 0.591. The molecule has 0 spiro atoms. The summed E-state index contributed by atoms with van der Waals surface area (Å²) < 4.78 is 45.7. The Labute approximate surface area is 138 Å². The van der Waals surface area contributed by atoms with Crippen LogP contribution in [-0.4, -0.2) is 4.98 Å². The lowest BCUT2D eigenvalue weighted by Gasteiger charge is -2.11. The molecule has 1 heterocycles. The Morgan fingerprint density at radius 2 is 1.74 bits per heavy atom. The van der Waals surface area contributed by atoms with Gasteiger partial charge in [0.15, 0.2) is 5.58 Å². The van der Waals surface area contributed by atoms with Crippen molar-refractivity contribution < 1.29 is 17.6 Å². The number of hydrogen-bond acceptors (Lipinski definition) is 3. The molecule has 0 aliphatic rings. The van der Waals surface area contributed by atoms with Gasteiger partial charge in [-0.25, -0.2) is 0 Å². The number of rotatable bonds is 2. The molecule has 3 aromatic rings. The van der Waals surface area contributed by atoms with E-state index in [9.17, 15) is 13.2 Å². The molecule has 120 valence electrons. The third kappa shape index (κ3) is 3.06. The first-order chi connectivity index (χ1) is 10.8. The Bertz CT molecular complexity index is 870. The minimum absolute atomic E-state index is 0.149. The van der Waals surface area contributed by atoms with Gasteiger partial charge < -0.3 is 9.73 Å².